The Labute approximate surface area is 210 Å². The first-order chi connectivity index (χ1) is 17.4. The van der Waals surface area contributed by atoms with Gasteiger partial charge in [-0.25, -0.2) is 0 Å². The molecule has 3 heterocycles. The van der Waals surface area contributed by atoms with Crippen molar-refractivity contribution in [3.05, 3.63) is 77.7 Å². The summed E-state index contributed by atoms with van der Waals surface area (Å²) in [5.74, 6) is 0.473. The Morgan fingerprint density at radius 3 is 2.89 bits per heavy atom. The average molecular weight is 486 g/mol. The van der Waals surface area contributed by atoms with Crippen LogP contribution in [0.1, 0.15) is 71.7 Å². The van der Waals surface area contributed by atoms with Gasteiger partial charge < -0.3 is 14.7 Å². The number of nitrogens with one attached hydrogen (secondary N) is 1. The van der Waals surface area contributed by atoms with Crippen molar-refractivity contribution in [3.63, 3.8) is 0 Å². The Bertz CT molecular complexity index is 1310. The average Bonchev–Trinajstić information content (AvgIpc) is 3.45. The van der Waals surface area contributed by atoms with Crippen molar-refractivity contribution in [1.82, 2.24) is 25.3 Å². The molecule has 1 atom stereocenters. The predicted octanol–water partition coefficient (Wildman–Crippen LogP) is 4.31. The fourth-order valence-electron chi connectivity index (χ4n) is 4.83. The number of carbonyl (C=O) groups excluding carboxylic acids is 2. The van der Waals surface area contributed by atoms with E-state index in [2.05, 4.69) is 46.1 Å². The normalized spacial score (nSPS) is 18.5. The Balaban J connectivity index is 1.29. The molecule has 1 saturated heterocycles. The number of hydrogen-bond donors (Lipinski definition) is 1. The minimum absolute atomic E-state index is 0.0221. The smallest absolute Gasteiger partial charge is 0.292 e. The Morgan fingerprint density at radius 2 is 2.14 bits per heavy atom. The maximum Gasteiger partial charge on any atom is 0.292 e. The number of amides is 2. The zero-order chi connectivity index (χ0) is 25.3. The summed E-state index contributed by atoms with van der Waals surface area (Å²) in [6.45, 7) is 9.54. The van der Waals surface area contributed by atoms with Crippen molar-refractivity contribution in [3.8, 4) is 11.1 Å². The van der Waals surface area contributed by atoms with Gasteiger partial charge in [-0.15, -0.1) is 0 Å². The number of aryl methyl sites for hydroxylation is 1. The molecule has 2 aromatic heterocycles. The van der Waals surface area contributed by atoms with Crippen molar-refractivity contribution in [2.45, 2.75) is 57.4 Å². The van der Waals surface area contributed by atoms with Gasteiger partial charge in [-0.3, -0.25) is 14.6 Å². The van der Waals surface area contributed by atoms with Crippen molar-refractivity contribution in [2.24, 2.45) is 0 Å². The molecule has 8 heteroatoms. The van der Waals surface area contributed by atoms with E-state index < -0.39 is 0 Å². The summed E-state index contributed by atoms with van der Waals surface area (Å²) in [5, 5.41) is 6.76. The fraction of sp³-hybridized carbons (Fsp3) is 0.393. The highest BCUT2D eigenvalue weighted by Crippen LogP contribution is 2.46. The fourth-order valence-corrected chi connectivity index (χ4v) is 4.83. The molecule has 0 bridgehead atoms. The summed E-state index contributed by atoms with van der Waals surface area (Å²) in [6.07, 6.45) is 9.10. The maximum atomic E-state index is 12.6. The largest absolute Gasteiger partial charge is 0.345 e. The van der Waals surface area contributed by atoms with Crippen LogP contribution in [0.15, 0.2) is 53.8 Å². The Hall–Kier alpha value is -3.81. The maximum absolute atomic E-state index is 12.6. The summed E-state index contributed by atoms with van der Waals surface area (Å²) in [7, 11) is 0. The molecule has 1 aliphatic carbocycles. The van der Waals surface area contributed by atoms with Gasteiger partial charge >= 0.3 is 0 Å². The van der Waals surface area contributed by atoms with Gasteiger partial charge in [0.1, 0.15) is 0 Å². The van der Waals surface area contributed by atoms with Crippen LogP contribution in [-0.4, -0.2) is 44.9 Å². The van der Waals surface area contributed by atoms with Crippen LogP contribution < -0.4 is 5.32 Å². The van der Waals surface area contributed by atoms with Gasteiger partial charge in [0.05, 0.1) is 0 Å². The molecule has 36 heavy (non-hydrogen) atoms. The van der Waals surface area contributed by atoms with Gasteiger partial charge in [-0.1, -0.05) is 36.9 Å². The monoisotopic (exact) mass is 485 g/mol. The molecule has 8 nitrogen and oxygen atoms in total. The lowest BCUT2D eigenvalue weighted by molar-refractivity contribution is -0.127. The minimum atomic E-state index is -0.343. The van der Waals surface area contributed by atoms with E-state index in [0.717, 1.165) is 60.0 Å². The van der Waals surface area contributed by atoms with E-state index in [-0.39, 0.29) is 29.0 Å². The number of piperidine rings is 1. The van der Waals surface area contributed by atoms with E-state index in [9.17, 15) is 9.59 Å². The number of pyridine rings is 1. The highest BCUT2D eigenvalue weighted by molar-refractivity contribution is 5.90. The lowest BCUT2D eigenvalue weighted by atomic mass is 9.86. The second-order valence-corrected chi connectivity index (χ2v) is 10.1. The molecule has 1 aliphatic heterocycles. The first-order valence-electron chi connectivity index (χ1n) is 12.5. The summed E-state index contributed by atoms with van der Waals surface area (Å²) in [4.78, 5) is 35.3. The summed E-state index contributed by atoms with van der Waals surface area (Å²) in [5.41, 5.74) is 5.38. The van der Waals surface area contributed by atoms with Crippen molar-refractivity contribution in [2.75, 3.05) is 13.1 Å². The molecule has 2 aliphatic rings. The van der Waals surface area contributed by atoms with Crippen LogP contribution in [0.5, 0.6) is 0 Å². The van der Waals surface area contributed by atoms with E-state index in [4.69, 9.17) is 4.52 Å². The molecule has 2 amide bonds. The van der Waals surface area contributed by atoms with E-state index in [0.29, 0.717) is 19.0 Å². The second kappa shape index (κ2) is 9.68. The molecule has 186 valence electrons. The van der Waals surface area contributed by atoms with Crippen LogP contribution in [0.3, 0.4) is 0 Å². The molecule has 0 radical (unpaired) electrons. The number of hydrogen-bond acceptors (Lipinski definition) is 6. The number of benzene rings is 1. The molecule has 3 aromatic rings. The third-order valence-electron chi connectivity index (χ3n) is 7.44. The third kappa shape index (κ3) is 4.80. The zero-order valence-electron chi connectivity index (χ0n) is 20.8. The van der Waals surface area contributed by atoms with Gasteiger partial charge in [0.2, 0.25) is 11.8 Å². The molecule has 2 fully saturated rings. The molecule has 1 aromatic carbocycles. The van der Waals surface area contributed by atoms with E-state index in [1.165, 1.54) is 6.08 Å². The minimum Gasteiger partial charge on any atom is -0.345 e. The topological polar surface area (TPSA) is 101 Å². The lowest BCUT2D eigenvalue weighted by Gasteiger charge is -2.33. The van der Waals surface area contributed by atoms with Crippen LogP contribution in [-0.2, 0) is 16.8 Å². The van der Waals surface area contributed by atoms with E-state index >= 15 is 0 Å². The van der Waals surface area contributed by atoms with E-state index in [1.54, 1.807) is 6.20 Å². The number of nitrogens with zero attached hydrogens (tertiary/aromatic N) is 4. The van der Waals surface area contributed by atoms with Crippen LogP contribution >= 0.6 is 0 Å². The quantitative estimate of drug-likeness (QED) is 0.501. The standard InChI is InChI=1S/C28H31N5O3/c1-4-24(34)33-13-5-6-21(17-33)23-16-29-12-9-22(23)19-7-8-20(18(2)14-19)15-30-26(35)25-31-27(36-32-25)28(3)10-11-28/h4,7-9,12,14,16,21H,1,5-6,10-11,13,15,17H2,2-3H3,(H,30,35)/t21-/m1/s1. The van der Waals surface area contributed by atoms with Gasteiger partial charge in [0.25, 0.3) is 11.7 Å². The predicted molar refractivity (Wildman–Crippen MR) is 135 cm³/mol. The zero-order valence-corrected chi connectivity index (χ0v) is 20.8. The van der Waals surface area contributed by atoms with Gasteiger partial charge in [-0.2, -0.15) is 4.98 Å². The molecule has 5 rings (SSSR count). The van der Waals surface area contributed by atoms with Crippen molar-refractivity contribution >= 4 is 11.8 Å². The van der Waals surface area contributed by atoms with Gasteiger partial charge in [-0.05, 0) is 72.6 Å². The SMILES string of the molecule is C=CC(=O)N1CCC[C@@H](c2cnccc2-c2ccc(CNC(=O)c3noc(C4(C)CC4)n3)c(C)c2)C1. The Morgan fingerprint density at radius 1 is 1.31 bits per heavy atom. The van der Waals surface area contributed by atoms with Crippen LogP contribution in [0.25, 0.3) is 11.1 Å². The van der Waals surface area contributed by atoms with Gasteiger partial charge in [0.15, 0.2) is 0 Å². The van der Waals surface area contributed by atoms with Crippen LogP contribution in [0.2, 0.25) is 0 Å². The highest BCUT2D eigenvalue weighted by atomic mass is 16.5. The molecular formula is C28H31N5O3. The lowest BCUT2D eigenvalue weighted by Crippen LogP contribution is -2.38. The van der Waals surface area contributed by atoms with Crippen molar-refractivity contribution in [1.29, 1.82) is 0 Å². The number of aromatic nitrogens is 3. The van der Waals surface area contributed by atoms with Crippen LogP contribution in [0, 0.1) is 6.92 Å². The van der Waals surface area contributed by atoms with Crippen molar-refractivity contribution < 1.29 is 14.1 Å². The first-order valence-corrected chi connectivity index (χ1v) is 12.5. The summed E-state index contributed by atoms with van der Waals surface area (Å²) in [6, 6.07) is 8.28. The number of likely N-dealkylation sites (tertiary alicyclic amines) is 1. The highest BCUT2D eigenvalue weighted by Gasteiger charge is 2.44. The second-order valence-electron chi connectivity index (χ2n) is 10.1. The first kappa shape index (κ1) is 23.9. The van der Waals surface area contributed by atoms with E-state index in [1.807, 2.05) is 30.2 Å². The van der Waals surface area contributed by atoms with Gasteiger partial charge in [0, 0.05) is 43.4 Å². The molecular weight excluding hydrogens is 454 g/mol. The molecule has 0 unspecified atom stereocenters. The molecule has 0 spiro atoms. The number of rotatable bonds is 7. The van der Waals surface area contributed by atoms with Crippen LogP contribution in [0.4, 0.5) is 0 Å². The molecule has 1 N–H and O–H groups in total. The molecule has 1 saturated carbocycles. The summed E-state index contributed by atoms with van der Waals surface area (Å²) < 4.78 is 5.29. The summed E-state index contributed by atoms with van der Waals surface area (Å²) >= 11 is 0. The Kier molecular flexibility index (Phi) is 6.43. The number of carbonyl (C=O) groups is 2. The third-order valence-corrected chi connectivity index (χ3v) is 7.44.